The van der Waals surface area contributed by atoms with Gasteiger partial charge in [0, 0.05) is 24.3 Å². The Kier molecular flexibility index (Phi) is 6.21. The summed E-state index contributed by atoms with van der Waals surface area (Å²) >= 11 is 0. The quantitative estimate of drug-likeness (QED) is 0.834. The van der Waals surface area contributed by atoms with E-state index >= 15 is 0 Å². The largest absolute Gasteiger partial charge is 0.322 e. The summed E-state index contributed by atoms with van der Waals surface area (Å²) in [5, 5.41) is 2.88. The molecule has 0 saturated heterocycles. The van der Waals surface area contributed by atoms with Crippen molar-refractivity contribution >= 4 is 21.6 Å². The third-order valence-corrected chi connectivity index (χ3v) is 6.82. The van der Waals surface area contributed by atoms with Gasteiger partial charge in [-0.1, -0.05) is 32.0 Å². The second-order valence-corrected chi connectivity index (χ2v) is 8.18. The van der Waals surface area contributed by atoms with E-state index in [1.54, 1.807) is 32.9 Å². The van der Waals surface area contributed by atoms with Gasteiger partial charge in [-0.15, -0.1) is 0 Å². The minimum atomic E-state index is -3.62. The fraction of sp³-hybridized carbons (Fsp3) is 0.350. The van der Waals surface area contributed by atoms with E-state index in [0.29, 0.717) is 24.2 Å². The molecule has 0 heterocycles. The summed E-state index contributed by atoms with van der Waals surface area (Å²) < 4.78 is 27.1. The van der Waals surface area contributed by atoms with E-state index in [1.807, 2.05) is 32.0 Å². The third kappa shape index (κ3) is 3.97. The molecular formula is C20H26N2O3S. The first kappa shape index (κ1) is 20.1. The van der Waals surface area contributed by atoms with Gasteiger partial charge in [-0.25, -0.2) is 8.42 Å². The van der Waals surface area contributed by atoms with Gasteiger partial charge in [0.15, 0.2) is 0 Å². The van der Waals surface area contributed by atoms with Gasteiger partial charge < -0.3 is 5.32 Å². The number of carbonyl (C=O) groups excluding carboxylic acids is 1. The van der Waals surface area contributed by atoms with Crippen molar-refractivity contribution in [3.63, 3.8) is 0 Å². The van der Waals surface area contributed by atoms with E-state index in [4.69, 9.17) is 0 Å². The second-order valence-electron chi connectivity index (χ2n) is 6.27. The Balaban J connectivity index is 2.40. The molecule has 0 atom stereocenters. The van der Waals surface area contributed by atoms with Crippen LogP contribution in [0.1, 0.15) is 40.9 Å². The molecule has 2 aromatic carbocycles. The lowest BCUT2D eigenvalue weighted by atomic mass is 10.1. The highest BCUT2D eigenvalue weighted by Crippen LogP contribution is 2.23. The molecule has 0 radical (unpaired) electrons. The summed E-state index contributed by atoms with van der Waals surface area (Å²) in [5.74, 6) is -0.324. The van der Waals surface area contributed by atoms with Crippen LogP contribution < -0.4 is 5.32 Å². The maximum absolute atomic E-state index is 12.8. The Labute approximate surface area is 156 Å². The summed E-state index contributed by atoms with van der Waals surface area (Å²) in [6, 6.07) is 10.5. The lowest BCUT2D eigenvalue weighted by Crippen LogP contribution is -2.31. The topological polar surface area (TPSA) is 66.5 Å². The number of nitrogens with one attached hydrogen (secondary N) is 1. The average molecular weight is 375 g/mol. The van der Waals surface area contributed by atoms with Crippen LogP contribution in [0, 0.1) is 20.8 Å². The molecule has 0 fully saturated rings. The first-order chi connectivity index (χ1) is 12.2. The molecule has 2 rings (SSSR count). The van der Waals surface area contributed by atoms with Gasteiger partial charge in [0.25, 0.3) is 5.91 Å². The SMILES string of the molecule is CCN(CC)S(=O)(=O)c1cc(C(=O)Nc2cccc(C)c2C)ccc1C. The van der Waals surface area contributed by atoms with Crippen molar-refractivity contribution in [2.45, 2.75) is 39.5 Å². The van der Waals surface area contributed by atoms with Crippen LogP contribution in [0.25, 0.3) is 0 Å². The van der Waals surface area contributed by atoms with Crippen LogP contribution >= 0.6 is 0 Å². The molecule has 0 aliphatic heterocycles. The highest BCUT2D eigenvalue weighted by Gasteiger charge is 2.24. The first-order valence-corrected chi connectivity index (χ1v) is 10.1. The highest BCUT2D eigenvalue weighted by molar-refractivity contribution is 7.89. The molecule has 1 amide bonds. The van der Waals surface area contributed by atoms with Crippen LogP contribution in [0.4, 0.5) is 5.69 Å². The van der Waals surface area contributed by atoms with E-state index in [9.17, 15) is 13.2 Å². The molecule has 1 N–H and O–H groups in total. The fourth-order valence-electron chi connectivity index (χ4n) is 2.80. The van der Waals surface area contributed by atoms with Gasteiger partial charge in [-0.3, -0.25) is 4.79 Å². The van der Waals surface area contributed by atoms with Crippen molar-refractivity contribution < 1.29 is 13.2 Å². The van der Waals surface area contributed by atoms with E-state index in [2.05, 4.69) is 5.32 Å². The maximum Gasteiger partial charge on any atom is 0.255 e. The number of hydrogen-bond acceptors (Lipinski definition) is 3. The number of rotatable bonds is 6. The van der Waals surface area contributed by atoms with Crippen LogP contribution in [0.5, 0.6) is 0 Å². The van der Waals surface area contributed by atoms with E-state index in [0.717, 1.165) is 16.8 Å². The molecule has 5 nitrogen and oxygen atoms in total. The van der Waals surface area contributed by atoms with Crippen molar-refractivity contribution in [1.82, 2.24) is 4.31 Å². The monoisotopic (exact) mass is 374 g/mol. The molecule has 0 unspecified atom stereocenters. The van der Waals surface area contributed by atoms with Crippen LogP contribution in [-0.2, 0) is 10.0 Å². The number of hydrogen-bond donors (Lipinski definition) is 1. The van der Waals surface area contributed by atoms with Crippen molar-refractivity contribution in [3.8, 4) is 0 Å². The molecule has 140 valence electrons. The Morgan fingerprint density at radius 2 is 1.65 bits per heavy atom. The zero-order valence-corrected chi connectivity index (χ0v) is 16.8. The molecule has 0 spiro atoms. The number of anilines is 1. The number of carbonyl (C=O) groups is 1. The van der Waals surface area contributed by atoms with Gasteiger partial charge in [0.2, 0.25) is 10.0 Å². The van der Waals surface area contributed by atoms with Crippen LogP contribution in [0.3, 0.4) is 0 Å². The summed E-state index contributed by atoms with van der Waals surface area (Å²) in [6.07, 6.45) is 0. The number of nitrogens with zero attached hydrogens (tertiary/aromatic N) is 1. The Bertz CT molecular complexity index is 917. The van der Waals surface area contributed by atoms with E-state index in [1.165, 1.54) is 10.4 Å². The minimum Gasteiger partial charge on any atom is -0.322 e. The average Bonchev–Trinajstić information content (AvgIpc) is 2.60. The predicted molar refractivity (Wildman–Crippen MR) is 105 cm³/mol. The van der Waals surface area contributed by atoms with E-state index < -0.39 is 10.0 Å². The summed E-state index contributed by atoms with van der Waals surface area (Å²) in [5.41, 5.74) is 3.74. The lowest BCUT2D eigenvalue weighted by Gasteiger charge is -2.20. The molecule has 0 saturated carbocycles. The Morgan fingerprint density at radius 3 is 2.27 bits per heavy atom. The van der Waals surface area contributed by atoms with Crippen LogP contribution in [0.2, 0.25) is 0 Å². The number of benzene rings is 2. The summed E-state index contributed by atoms with van der Waals surface area (Å²) in [6.45, 7) is 10.0. The molecule has 26 heavy (non-hydrogen) atoms. The van der Waals surface area contributed by atoms with Crippen molar-refractivity contribution in [1.29, 1.82) is 0 Å². The van der Waals surface area contributed by atoms with Gasteiger partial charge in [0.1, 0.15) is 0 Å². The van der Waals surface area contributed by atoms with Crippen molar-refractivity contribution in [2.24, 2.45) is 0 Å². The molecule has 0 aliphatic carbocycles. The number of aryl methyl sites for hydroxylation is 2. The maximum atomic E-state index is 12.8. The smallest absolute Gasteiger partial charge is 0.255 e. The highest BCUT2D eigenvalue weighted by atomic mass is 32.2. The molecule has 2 aromatic rings. The zero-order chi connectivity index (χ0) is 19.5. The first-order valence-electron chi connectivity index (χ1n) is 8.70. The summed E-state index contributed by atoms with van der Waals surface area (Å²) in [7, 11) is -3.62. The molecule has 6 heteroatoms. The molecular weight excluding hydrogens is 348 g/mol. The number of sulfonamides is 1. The molecule has 0 aromatic heterocycles. The minimum absolute atomic E-state index is 0.176. The van der Waals surface area contributed by atoms with Crippen molar-refractivity contribution in [2.75, 3.05) is 18.4 Å². The van der Waals surface area contributed by atoms with Crippen molar-refractivity contribution in [3.05, 3.63) is 58.7 Å². The standard InChI is InChI=1S/C20H26N2O3S/c1-6-22(7-2)26(24,25)19-13-17(12-11-15(19)4)20(23)21-18-10-8-9-14(3)16(18)5/h8-13H,6-7H2,1-5H3,(H,21,23). The second kappa shape index (κ2) is 8.01. The van der Waals surface area contributed by atoms with Gasteiger partial charge in [-0.2, -0.15) is 4.31 Å². The van der Waals surface area contributed by atoms with Gasteiger partial charge in [0.05, 0.1) is 4.90 Å². The molecule has 0 aliphatic rings. The number of amides is 1. The Morgan fingerprint density at radius 1 is 1.00 bits per heavy atom. The fourth-order valence-corrected chi connectivity index (χ4v) is 4.51. The van der Waals surface area contributed by atoms with Gasteiger partial charge in [-0.05, 0) is 55.7 Å². The van der Waals surface area contributed by atoms with Gasteiger partial charge >= 0.3 is 0 Å². The molecule has 0 bridgehead atoms. The van der Waals surface area contributed by atoms with E-state index in [-0.39, 0.29) is 10.8 Å². The zero-order valence-electron chi connectivity index (χ0n) is 16.0. The van der Waals surface area contributed by atoms with Crippen LogP contribution in [-0.4, -0.2) is 31.7 Å². The summed E-state index contributed by atoms with van der Waals surface area (Å²) in [4.78, 5) is 12.8. The lowest BCUT2D eigenvalue weighted by molar-refractivity contribution is 0.102. The van der Waals surface area contributed by atoms with Crippen LogP contribution in [0.15, 0.2) is 41.3 Å². The third-order valence-electron chi connectivity index (χ3n) is 4.63. The predicted octanol–water partition coefficient (Wildman–Crippen LogP) is 3.89. The Hall–Kier alpha value is -2.18. The normalized spacial score (nSPS) is 11.6.